The number of benzene rings is 1. The monoisotopic (exact) mass is 642 g/mol. The van der Waals surface area contributed by atoms with E-state index in [4.69, 9.17) is 19.2 Å². The molecule has 0 aliphatic carbocycles. The summed E-state index contributed by atoms with van der Waals surface area (Å²) < 4.78 is 35.0. The first-order valence-electron chi connectivity index (χ1n) is 15.6. The van der Waals surface area contributed by atoms with Gasteiger partial charge in [0.05, 0.1) is 35.8 Å². The quantitative estimate of drug-likeness (QED) is 0.263. The average molecular weight is 643 g/mol. The number of ether oxygens (including phenoxy) is 3. The van der Waals surface area contributed by atoms with E-state index in [0.29, 0.717) is 47.0 Å². The highest BCUT2D eigenvalue weighted by Crippen LogP contribution is 2.45. The number of methoxy groups -OCH3 is 1. The lowest BCUT2D eigenvalue weighted by molar-refractivity contribution is 0.0202. The molecule has 0 unspecified atom stereocenters. The molecule has 0 N–H and O–H groups in total. The number of anilines is 1. The van der Waals surface area contributed by atoms with Crippen molar-refractivity contribution < 1.29 is 23.4 Å². The number of aryl methyl sites for hydroxylation is 1. The normalized spacial score (nSPS) is 16.1. The van der Waals surface area contributed by atoms with Gasteiger partial charge in [0.15, 0.2) is 5.65 Å². The highest BCUT2D eigenvalue weighted by atomic mass is 19.1. The zero-order valence-corrected chi connectivity index (χ0v) is 27.8. The minimum absolute atomic E-state index is 0.0400. The second-order valence-electron chi connectivity index (χ2n) is 13.1. The molecule has 1 amide bonds. The summed E-state index contributed by atoms with van der Waals surface area (Å²) >= 11 is 0. The van der Waals surface area contributed by atoms with Gasteiger partial charge in [-0.25, -0.2) is 23.5 Å². The van der Waals surface area contributed by atoms with Crippen LogP contribution in [-0.4, -0.2) is 75.5 Å². The van der Waals surface area contributed by atoms with Crippen LogP contribution < -0.4 is 20.1 Å². The Hall–Kier alpha value is -5.00. The first-order valence-corrected chi connectivity index (χ1v) is 15.6. The van der Waals surface area contributed by atoms with Gasteiger partial charge in [0.1, 0.15) is 40.7 Å². The Kier molecular flexibility index (Phi) is 8.15. The van der Waals surface area contributed by atoms with Crippen LogP contribution >= 0.6 is 0 Å². The summed E-state index contributed by atoms with van der Waals surface area (Å²) in [5, 5.41) is 0.477. The lowest BCUT2D eigenvalue weighted by atomic mass is 10.0. The molecule has 0 radical (unpaired) electrons. The summed E-state index contributed by atoms with van der Waals surface area (Å²) in [5.41, 5.74) is 1.76. The third-order valence-corrected chi connectivity index (χ3v) is 8.38. The lowest BCUT2D eigenvalue weighted by Crippen LogP contribution is -2.57. The largest absolute Gasteiger partial charge is 0.496 e. The molecule has 12 heteroatoms. The Labute approximate surface area is 272 Å². The second kappa shape index (κ2) is 12.0. The molecule has 0 saturated carbocycles. The topological polar surface area (TPSA) is 112 Å². The van der Waals surface area contributed by atoms with Crippen molar-refractivity contribution in [2.24, 2.45) is 0 Å². The number of carbonyl (C=O) groups excluding carboxylic acids is 1. The molecule has 1 fully saturated rings. The molecule has 5 heterocycles. The average Bonchev–Trinajstić information content (AvgIpc) is 3.17. The van der Waals surface area contributed by atoms with E-state index in [9.17, 15) is 9.59 Å². The van der Waals surface area contributed by atoms with Gasteiger partial charge in [-0.05, 0) is 57.4 Å². The number of hydrogen-bond acceptors (Lipinski definition) is 9. The van der Waals surface area contributed by atoms with E-state index >= 15 is 4.39 Å². The number of aromatic nitrogens is 4. The molecule has 4 aromatic rings. The van der Waals surface area contributed by atoms with Gasteiger partial charge in [0, 0.05) is 31.4 Å². The Morgan fingerprint density at radius 1 is 1.19 bits per heavy atom. The number of fused-ring (bicyclic) bond motifs is 2. The van der Waals surface area contributed by atoms with Crippen molar-refractivity contribution in [2.75, 3.05) is 38.3 Å². The number of amides is 1. The van der Waals surface area contributed by atoms with Crippen LogP contribution in [0, 0.1) is 12.7 Å². The van der Waals surface area contributed by atoms with E-state index in [2.05, 4.69) is 16.5 Å². The zero-order valence-electron chi connectivity index (χ0n) is 27.8. The number of pyridine rings is 2. The van der Waals surface area contributed by atoms with Crippen molar-refractivity contribution in [1.82, 2.24) is 24.4 Å². The van der Waals surface area contributed by atoms with Crippen LogP contribution in [0.2, 0.25) is 0 Å². The van der Waals surface area contributed by atoms with Gasteiger partial charge in [0.2, 0.25) is 0 Å². The minimum Gasteiger partial charge on any atom is -0.496 e. The number of hydrogen-bond donors (Lipinski definition) is 0. The van der Waals surface area contributed by atoms with Crippen LogP contribution in [0.25, 0.3) is 34.1 Å². The summed E-state index contributed by atoms with van der Waals surface area (Å²) in [6, 6.07) is 5.99. The molecule has 246 valence electrons. The molecule has 2 aliphatic rings. The third-order valence-electron chi connectivity index (χ3n) is 8.38. The van der Waals surface area contributed by atoms with Gasteiger partial charge in [0.25, 0.3) is 0 Å². The Bertz CT molecular complexity index is 1970. The van der Waals surface area contributed by atoms with Crippen molar-refractivity contribution >= 4 is 29.0 Å². The van der Waals surface area contributed by atoms with E-state index < -0.39 is 23.2 Å². The smallest absolute Gasteiger partial charge is 0.410 e. The van der Waals surface area contributed by atoms with Gasteiger partial charge >= 0.3 is 11.8 Å². The predicted molar refractivity (Wildman–Crippen MR) is 178 cm³/mol. The molecule has 1 atom stereocenters. The van der Waals surface area contributed by atoms with Gasteiger partial charge in [-0.1, -0.05) is 32.6 Å². The summed E-state index contributed by atoms with van der Waals surface area (Å²) in [5.74, 6) is 0.385. The van der Waals surface area contributed by atoms with E-state index in [1.165, 1.54) is 17.7 Å². The first-order chi connectivity index (χ1) is 22.3. The summed E-state index contributed by atoms with van der Waals surface area (Å²) in [6.07, 6.45) is 2.84. The zero-order chi connectivity index (χ0) is 33.8. The maximum atomic E-state index is 15.7. The number of nitrogens with zero attached hydrogens (tertiary/aromatic N) is 6. The number of halogens is 1. The Balaban J connectivity index is 1.66. The second-order valence-corrected chi connectivity index (χ2v) is 13.1. The molecule has 1 saturated heterocycles. The van der Waals surface area contributed by atoms with Crippen LogP contribution in [0.5, 0.6) is 11.5 Å². The van der Waals surface area contributed by atoms with Gasteiger partial charge in [-0.3, -0.25) is 4.98 Å². The molecule has 3 aromatic heterocycles. The molecule has 2 aliphatic heterocycles. The van der Waals surface area contributed by atoms with Crippen molar-refractivity contribution in [3.8, 4) is 28.4 Å². The molecule has 1 aromatic carbocycles. The standard InChI is InChI=1S/C35H39FN6O5/c1-9-22-28(25-23(36)11-10-12-24(25)45-8)38-32-26-30(22)46-18-21-17-40(34(44)47-35(5,6)7)15-16-41(21)31(26)39-33(43)42(32)29-20(4)13-14-37-27(29)19(2)3/h9-14,19,21H,1,15-18H2,2-8H3/t21-/m1/s1. The summed E-state index contributed by atoms with van der Waals surface area (Å²) in [4.78, 5) is 45.3. The Morgan fingerprint density at radius 3 is 2.64 bits per heavy atom. The van der Waals surface area contributed by atoms with Crippen LogP contribution in [-0.2, 0) is 4.74 Å². The fraction of sp³-hybridized carbons (Fsp3) is 0.400. The minimum atomic E-state index is -0.656. The third kappa shape index (κ3) is 5.55. The maximum Gasteiger partial charge on any atom is 0.410 e. The van der Waals surface area contributed by atoms with E-state index in [1.807, 2.05) is 52.5 Å². The molecular formula is C35H39FN6O5. The Morgan fingerprint density at radius 2 is 1.96 bits per heavy atom. The molecule has 11 nitrogen and oxygen atoms in total. The van der Waals surface area contributed by atoms with Crippen LogP contribution in [0.3, 0.4) is 0 Å². The molecule has 6 rings (SSSR count). The fourth-order valence-corrected chi connectivity index (χ4v) is 6.29. The predicted octanol–water partition coefficient (Wildman–Crippen LogP) is 5.88. The van der Waals surface area contributed by atoms with Crippen molar-refractivity contribution in [3.05, 3.63) is 70.2 Å². The highest BCUT2D eigenvalue weighted by Gasteiger charge is 2.39. The number of carbonyl (C=O) groups is 1. The van der Waals surface area contributed by atoms with E-state index in [-0.39, 0.29) is 47.8 Å². The van der Waals surface area contributed by atoms with Crippen molar-refractivity contribution in [3.63, 3.8) is 0 Å². The summed E-state index contributed by atoms with van der Waals surface area (Å²) in [6.45, 7) is 16.5. The lowest BCUT2D eigenvalue weighted by Gasteiger charge is -2.41. The van der Waals surface area contributed by atoms with Gasteiger partial charge in [-0.2, -0.15) is 4.98 Å². The van der Waals surface area contributed by atoms with Gasteiger partial charge in [-0.15, -0.1) is 0 Å². The molecule has 0 bridgehead atoms. The summed E-state index contributed by atoms with van der Waals surface area (Å²) in [7, 11) is 1.46. The van der Waals surface area contributed by atoms with E-state index in [0.717, 1.165) is 5.56 Å². The molecular weight excluding hydrogens is 603 g/mol. The number of piperazine rings is 1. The SMILES string of the molecule is C=Cc1c(-c2c(F)cccc2OC)nc2c3c(nc(=O)n2-c2c(C)ccnc2C(C)C)N2CCN(C(=O)OC(C)(C)C)C[C@@H]2COc13. The van der Waals surface area contributed by atoms with Crippen LogP contribution in [0.15, 0.2) is 41.8 Å². The highest BCUT2D eigenvalue weighted by molar-refractivity contribution is 6.00. The number of rotatable bonds is 5. The van der Waals surface area contributed by atoms with Crippen molar-refractivity contribution in [2.45, 2.75) is 59.1 Å². The van der Waals surface area contributed by atoms with Crippen LogP contribution in [0.4, 0.5) is 15.0 Å². The first kappa shape index (κ1) is 32.0. The molecule has 47 heavy (non-hydrogen) atoms. The fourth-order valence-electron chi connectivity index (χ4n) is 6.29. The maximum absolute atomic E-state index is 15.7. The van der Waals surface area contributed by atoms with E-state index in [1.54, 1.807) is 29.3 Å². The van der Waals surface area contributed by atoms with Crippen molar-refractivity contribution in [1.29, 1.82) is 0 Å². The van der Waals surface area contributed by atoms with Crippen LogP contribution in [0.1, 0.15) is 57.4 Å². The van der Waals surface area contributed by atoms with Gasteiger partial charge < -0.3 is 24.0 Å². The molecule has 0 spiro atoms.